The first-order valence-electron chi connectivity index (χ1n) is 5.20. The van der Waals surface area contributed by atoms with E-state index in [4.69, 9.17) is 5.73 Å². The summed E-state index contributed by atoms with van der Waals surface area (Å²) < 4.78 is 0.848. The summed E-state index contributed by atoms with van der Waals surface area (Å²) in [6, 6.07) is 0. The van der Waals surface area contributed by atoms with Gasteiger partial charge in [0.1, 0.15) is 17.2 Å². The van der Waals surface area contributed by atoms with E-state index in [0.717, 1.165) is 9.50 Å². The van der Waals surface area contributed by atoms with Crippen LogP contribution in [0.5, 0.6) is 0 Å². The van der Waals surface area contributed by atoms with E-state index in [0.29, 0.717) is 11.1 Å². The molecule has 82 valence electrons. The van der Waals surface area contributed by atoms with Crippen molar-refractivity contribution in [3.63, 3.8) is 0 Å². The average molecular weight is 288 g/mol. The molecule has 1 aromatic heterocycles. The van der Waals surface area contributed by atoms with E-state index in [1.54, 1.807) is 0 Å². The van der Waals surface area contributed by atoms with Crippen LogP contribution in [0, 0.1) is 0 Å². The molecule has 1 saturated carbocycles. The monoisotopic (exact) mass is 287 g/mol. The molecule has 2 rings (SSSR count). The van der Waals surface area contributed by atoms with Crippen molar-refractivity contribution < 1.29 is 0 Å². The van der Waals surface area contributed by atoms with E-state index in [1.807, 2.05) is 11.8 Å². The minimum atomic E-state index is 0.531. The fourth-order valence-electron chi connectivity index (χ4n) is 1.79. The number of rotatable bonds is 2. The normalized spacial score (nSPS) is 17.9. The van der Waals surface area contributed by atoms with Crippen LogP contribution in [-0.2, 0) is 0 Å². The SMILES string of the molecule is Nc1ncnc(SC2CCCCC2)c1Br. The Morgan fingerprint density at radius 2 is 2.00 bits per heavy atom. The smallest absolute Gasteiger partial charge is 0.142 e. The molecule has 1 aliphatic rings. The molecule has 1 aromatic rings. The highest BCUT2D eigenvalue weighted by atomic mass is 79.9. The Labute approximate surface area is 102 Å². The fraction of sp³-hybridized carbons (Fsp3) is 0.600. The highest BCUT2D eigenvalue weighted by Gasteiger charge is 2.17. The standard InChI is InChI=1S/C10H14BrN3S/c11-8-9(12)13-6-14-10(8)15-7-4-2-1-3-5-7/h6-7H,1-5H2,(H2,12,13,14). The molecule has 0 saturated heterocycles. The lowest BCUT2D eigenvalue weighted by Gasteiger charge is -2.20. The first kappa shape index (κ1) is 11.2. The Hall–Kier alpha value is -0.290. The van der Waals surface area contributed by atoms with Crippen molar-refractivity contribution in [1.29, 1.82) is 0 Å². The third-order valence-corrected chi connectivity index (χ3v) is 5.00. The van der Waals surface area contributed by atoms with Crippen LogP contribution in [-0.4, -0.2) is 15.2 Å². The molecule has 0 aliphatic heterocycles. The van der Waals surface area contributed by atoms with Gasteiger partial charge in [0.15, 0.2) is 0 Å². The van der Waals surface area contributed by atoms with Crippen LogP contribution in [0.1, 0.15) is 32.1 Å². The zero-order chi connectivity index (χ0) is 10.7. The van der Waals surface area contributed by atoms with Gasteiger partial charge in [-0.25, -0.2) is 9.97 Å². The lowest BCUT2D eigenvalue weighted by atomic mass is 10.0. The summed E-state index contributed by atoms with van der Waals surface area (Å²) in [6.45, 7) is 0. The summed E-state index contributed by atoms with van der Waals surface area (Å²) in [5.41, 5.74) is 5.71. The maximum absolute atomic E-state index is 5.71. The van der Waals surface area contributed by atoms with Gasteiger partial charge in [0, 0.05) is 5.25 Å². The van der Waals surface area contributed by atoms with Gasteiger partial charge < -0.3 is 5.73 Å². The van der Waals surface area contributed by atoms with E-state index < -0.39 is 0 Å². The predicted molar refractivity (Wildman–Crippen MR) is 66.9 cm³/mol. The predicted octanol–water partition coefficient (Wildman–Crippen LogP) is 3.25. The summed E-state index contributed by atoms with van der Waals surface area (Å²) in [6.07, 6.45) is 8.18. The number of anilines is 1. The molecule has 0 unspecified atom stereocenters. The Bertz CT molecular complexity index is 339. The summed E-state index contributed by atoms with van der Waals surface area (Å²) >= 11 is 5.26. The number of nitrogens with two attached hydrogens (primary N) is 1. The van der Waals surface area contributed by atoms with Crippen LogP contribution in [0.3, 0.4) is 0 Å². The fourth-order valence-corrected chi connectivity index (χ4v) is 3.48. The number of hydrogen-bond acceptors (Lipinski definition) is 4. The number of hydrogen-bond donors (Lipinski definition) is 1. The molecule has 0 amide bonds. The van der Waals surface area contributed by atoms with Gasteiger partial charge in [-0.3, -0.25) is 0 Å². The molecule has 0 radical (unpaired) electrons. The Morgan fingerprint density at radius 1 is 1.27 bits per heavy atom. The highest BCUT2D eigenvalue weighted by Crippen LogP contribution is 2.36. The lowest BCUT2D eigenvalue weighted by Crippen LogP contribution is -2.08. The molecule has 0 bridgehead atoms. The van der Waals surface area contributed by atoms with Gasteiger partial charge in [0.2, 0.25) is 0 Å². The molecule has 1 fully saturated rings. The van der Waals surface area contributed by atoms with E-state index in [-0.39, 0.29) is 0 Å². The topological polar surface area (TPSA) is 51.8 Å². The van der Waals surface area contributed by atoms with Gasteiger partial charge in [0.05, 0.1) is 4.47 Å². The van der Waals surface area contributed by atoms with E-state index in [1.165, 1.54) is 38.4 Å². The molecule has 15 heavy (non-hydrogen) atoms. The quantitative estimate of drug-likeness (QED) is 0.849. The maximum Gasteiger partial charge on any atom is 0.142 e. The average Bonchev–Trinajstić information content (AvgIpc) is 2.26. The molecular formula is C10H14BrN3S. The molecule has 5 heteroatoms. The van der Waals surface area contributed by atoms with Crippen molar-refractivity contribution in [3.05, 3.63) is 10.8 Å². The molecule has 0 atom stereocenters. The Balaban J connectivity index is 2.06. The second-order valence-electron chi connectivity index (χ2n) is 3.76. The van der Waals surface area contributed by atoms with E-state index in [2.05, 4.69) is 25.9 Å². The van der Waals surface area contributed by atoms with Crippen LogP contribution < -0.4 is 5.73 Å². The van der Waals surface area contributed by atoms with Gasteiger partial charge in [-0.1, -0.05) is 19.3 Å². The summed E-state index contributed by atoms with van der Waals surface area (Å²) in [5.74, 6) is 0.531. The Morgan fingerprint density at radius 3 is 2.73 bits per heavy atom. The molecule has 1 aliphatic carbocycles. The number of nitrogens with zero attached hydrogens (tertiary/aromatic N) is 2. The first-order valence-corrected chi connectivity index (χ1v) is 6.87. The summed E-state index contributed by atoms with van der Waals surface area (Å²) in [5, 5.41) is 1.68. The second kappa shape index (κ2) is 5.16. The molecule has 1 heterocycles. The Kier molecular flexibility index (Phi) is 3.86. The molecule has 0 aromatic carbocycles. The largest absolute Gasteiger partial charge is 0.383 e. The molecule has 2 N–H and O–H groups in total. The molecule has 0 spiro atoms. The van der Waals surface area contributed by atoms with Gasteiger partial charge >= 0.3 is 0 Å². The van der Waals surface area contributed by atoms with Crippen LogP contribution >= 0.6 is 27.7 Å². The number of thioether (sulfide) groups is 1. The van der Waals surface area contributed by atoms with Crippen LogP contribution in [0.4, 0.5) is 5.82 Å². The van der Waals surface area contributed by atoms with Crippen LogP contribution in [0.15, 0.2) is 15.8 Å². The van der Waals surface area contributed by atoms with Gasteiger partial charge in [0.25, 0.3) is 0 Å². The third kappa shape index (κ3) is 2.84. The van der Waals surface area contributed by atoms with Crippen LogP contribution in [0.25, 0.3) is 0 Å². The van der Waals surface area contributed by atoms with E-state index in [9.17, 15) is 0 Å². The second-order valence-corrected chi connectivity index (χ2v) is 5.84. The zero-order valence-corrected chi connectivity index (χ0v) is 10.9. The van der Waals surface area contributed by atoms with Gasteiger partial charge in [-0.05, 0) is 28.8 Å². The van der Waals surface area contributed by atoms with Crippen molar-refractivity contribution in [2.75, 3.05) is 5.73 Å². The third-order valence-electron chi connectivity index (χ3n) is 2.61. The first-order chi connectivity index (χ1) is 7.27. The minimum absolute atomic E-state index is 0.531. The summed E-state index contributed by atoms with van der Waals surface area (Å²) in [4.78, 5) is 8.20. The number of nitrogen functional groups attached to an aromatic ring is 1. The van der Waals surface area contributed by atoms with Crippen LogP contribution in [0.2, 0.25) is 0 Å². The zero-order valence-electron chi connectivity index (χ0n) is 8.45. The van der Waals surface area contributed by atoms with E-state index >= 15 is 0 Å². The van der Waals surface area contributed by atoms with Crippen molar-refractivity contribution in [1.82, 2.24) is 9.97 Å². The van der Waals surface area contributed by atoms with Gasteiger partial charge in [-0.2, -0.15) is 0 Å². The number of halogens is 1. The van der Waals surface area contributed by atoms with Gasteiger partial charge in [-0.15, -0.1) is 11.8 Å². The maximum atomic E-state index is 5.71. The summed E-state index contributed by atoms with van der Waals surface area (Å²) in [7, 11) is 0. The van der Waals surface area contributed by atoms with Crippen molar-refractivity contribution in [3.8, 4) is 0 Å². The number of aromatic nitrogens is 2. The highest BCUT2D eigenvalue weighted by molar-refractivity contribution is 9.10. The van der Waals surface area contributed by atoms with Crippen molar-refractivity contribution in [2.45, 2.75) is 42.4 Å². The van der Waals surface area contributed by atoms with Crippen molar-refractivity contribution >= 4 is 33.5 Å². The molecular weight excluding hydrogens is 274 g/mol. The lowest BCUT2D eigenvalue weighted by molar-refractivity contribution is 0.515. The minimum Gasteiger partial charge on any atom is -0.383 e. The van der Waals surface area contributed by atoms with Crippen molar-refractivity contribution in [2.24, 2.45) is 0 Å². The molecule has 3 nitrogen and oxygen atoms in total.